The van der Waals surface area contributed by atoms with Crippen molar-refractivity contribution in [2.24, 2.45) is 0 Å². The fourth-order valence-electron chi connectivity index (χ4n) is 2.36. The Bertz CT molecular complexity index is 542. The molecule has 0 aromatic heterocycles. The Hall–Kier alpha value is -2.17. The van der Waals surface area contributed by atoms with Crippen molar-refractivity contribution in [3.63, 3.8) is 0 Å². The average Bonchev–Trinajstić information content (AvgIpc) is 2.80. The van der Waals surface area contributed by atoms with Crippen LogP contribution in [0.5, 0.6) is 0 Å². The van der Waals surface area contributed by atoms with Gasteiger partial charge in [-0.3, -0.25) is 4.79 Å². The summed E-state index contributed by atoms with van der Waals surface area (Å²) in [5.74, 6) is -0.870. The molecule has 0 spiro atoms. The van der Waals surface area contributed by atoms with Gasteiger partial charge in [0.15, 0.2) is 5.67 Å². The quantitative estimate of drug-likeness (QED) is 0.784. The number of carbonyl (C=O) groups is 2. The van der Waals surface area contributed by atoms with Gasteiger partial charge in [0.25, 0.3) is 5.91 Å². The molecule has 1 fully saturated rings. The monoisotopic (exact) mass is 291 g/mol. The molecule has 4 nitrogen and oxygen atoms in total. The van der Waals surface area contributed by atoms with Crippen molar-refractivity contribution in [2.75, 3.05) is 6.61 Å². The van der Waals surface area contributed by atoms with Crippen LogP contribution in [-0.4, -0.2) is 35.2 Å². The summed E-state index contributed by atoms with van der Waals surface area (Å²) < 4.78 is 19.3. The Labute approximate surface area is 123 Å². The van der Waals surface area contributed by atoms with Crippen molar-refractivity contribution < 1.29 is 18.7 Å². The number of halogens is 1. The average molecular weight is 291 g/mol. The predicted octanol–water partition coefficient (Wildman–Crippen LogP) is 2.88. The van der Waals surface area contributed by atoms with Crippen LogP contribution in [0.1, 0.15) is 18.9 Å². The van der Waals surface area contributed by atoms with Crippen LogP contribution in [0.25, 0.3) is 0 Å². The number of allylic oxidation sites excluding steroid dienone is 1. The largest absolute Gasteiger partial charge is 0.447 e. The number of hydrogen-bond donors (Lipinski definition) is 0. The molecule has 1 heterocycles. The summed E-state index contributed by atoms with van der Waals surface area (Å²) in [6.45, 7) is 4.68. The van der Waals surface area contributed by atoms with E-state index in [4.69, 9.17) is 4.74 Å². The van der Waals surface area contributed by atoms with Gasteiger partial charge in [-0.15, -0.1) is 6.58 Å². The molecule has 2 unspecified atom stereocenters. The summed E-state index contributed by atoms with van der Waals surface area (Å²) in [7, 11) is 0. The van der Waals surface area contributed by atoms with E-state index < -0.39 is 23.7 Å². The third-order valence-electron chi connectivity index (χ3n) is 3.47. The number of ether oxygens (including phenoxy) is 1. The predicted molar refractivity (Wildman–Crippen MR) is 76.5 cm³/mol. The van der Waals surface area contributed by atoms with Crippen LogP contribution in [0.3, 0.4) is 0 Å². The Morgan fingerprint density at radius 3 is 2.81 bits per heavy atom. The van der Waals surface area contributed by atoms with Gasteiger partial charge in [-0.25, -0.2) is 14.1 Å². The van der Waals surface area contributed by atoms with Crippen molar-refractivity contribution >= 4 is 12.0 Å². The molecule has 2 rings (SSSR count). The van der Waals surface area contributed by atoms with Crippen molar-refractivity contribution in [1.82, 2.24) is 4.90 Å². The lowest BCUT2D eigenvalue weighted by Crippen LogP contribution is -2.49. The first-order chi connectivity index (χ1) is 9.95. The van der Waals surface area contributed by atoms with E-state index in [2.05, 4.69) is 6.58 Å². The highest BCUT2D eigenvalue weighted by Crippen LogP contribution is 2.25. The zero-order chi connectivity index (χ0) is 15.5. The molecule has 0 radical (unpaired) electrons. The van der Waals surface area contributed by atoms with Crippen molar-refractivity contribution in [3.8, 4) is 0 Å². The summed E-state index contributed by atoms with van der Waals surface area (Å²) in [6, 6.07) is 8.93. The Morgan fingerprint density at radius 2 is 2.19 bits per heavy atom. The summed E-state index contributed by atoms with van der Waals surface area (Å²) in [6.07, 6.45) is 0.843. The zero-order valence-electron chi connectivity index (χ0n) is 11.9. The Balaban J connectivity index is 2.17. The first kappa shape index (κ1) is 15.2. The molecule has 1 aromatic rings. The standard InChI is InChI=1S/C16H18FNO3/c1-3-9-16(2,17)14(19)18-13(11-21-15(18)20)10-12-7-5-4-6-8-12/h3-8,13H,1,9-11H2,2H3. The lowest BCUT2D eigenvalue weighted by atomic mass is 10.00. The van der Waals surface area contributed by atoms with Crippen LogP contribution < -0.4 is 0 Å². The SMILES string of the molecule is C=CCC(C)(F)C(=O)N1C(=O)OCC1Cc1ccccc1. The van der Waals surface area contributed by atoms with Gasteiger partial charge in [0.2, 0.25) is 0 Å². The number of imide groups is 1. The minimum Gasteiger partial charge on any atom is -0.447 e. The molecule has 1 aliphatic heterocycles. The van der Waals surface area contributed by atoms with Crippen LogP contribution in [0, 0.1) is 0 Å². The topological polar surface area (TPSA) is 46.6 Å². The molecule has 5 heteroatoms. The minimum atomic E-state index is -2.15. The first-order valence-corrected chi connectivity index (χ1v) is 6.80. The van der Waals surface area contributed by atoms with Gasteiger partial charge < -0.3 is 4.74 Å². The fourth-order valence-corrected chi connectivity index (χ4v) is 2.36. The summed E-state index contributed by atoms with van der Waals surface area (Å²) in [5.41, 5.74) is -1.19. The van der Waals surface area contributed by atoms with Crippen molar-refractivity contribution in [3.05, 3.63) is 48.6 Å². The Morgan fingerprint density at radius 1 is 1.52 bits per heavy atom. The smallest absolute Gasteiger partial charge is 0.417 e. The number of nitrogens with zero attached hydrogens (tertiary/aromatic N) is 1. The minimum absolute atomic E-state index is 0.0869. The van der Waals surface area contributed by atoms with Gasteiger partial charge in [-0.1, -0.05) is 36.4 Å². The highest BCUT2D eigenvalue weighted by atomic mass is 19.1. The number of benzene rings is 1. The first-order valence-electron chi connectivity index (χ1n) is 6.80. The van der Waals surface area contributed by atoms with E-state index in [-0.39, 0.29) is 13.0 Å². The lowest BCUT2D eigenvalue weighted by Gasteiger charge is -2.26. The summed E-state index contributed by atoms with van der Waals surface area (Å²) in [5, 5.41) is 0. The number of rotatable bonds is 5. The van der Waals surface area contributed by atoms with Gasteiger partial charge in [0, 0.05) is 6.42 Å². The van der Waals surface area contributed by atoms with Crippen LogP contribution in [-0.2, 0) is 16.0 Å². The maximum Gasteiger partial charge on any atom is 0.417 e. The maximum atomic E-state index is 14.4. The third-order valence-corrected chi connectivity index (χ3v) is 3.47. The molecule has 2 atom stereocenters. The number of cyclic esters (lactones) is 1. The van der Waals surface area contributed by atoms with E-state index in [0.29, 0.717) is 6.42 Å². The summed E-state index contributed by atoms with van der Waals surface area (Å²) >= 11 is 0. The van der Waals surface area contributed by atoms with E-state index in [1.54, 1.807) is 0 Å². The molecule has 112 valence electrons. The molecule has 2 amide bonds. The van der Waals surface area contributed by atoms with E-state index in [9.17, 15) is 14.0 Å². The van der Waals surface area contributed by atoms with Gasteiger partial charge in [-0.05, 0) is 18.9 Å². The van der Waals surface area contributed by atoms with Gasteiger partial charge in [0.05, 0.1) is 6.04 Å². The third kappa shape index (κ3) is 3.29. The lowest BCUT2D eigenvalue weighted by molar-refractivity contribution is -0.140. The Kier molecular flexibility index (Phi) is 4.40. The second-order valence-corrected chi connectivity index (χ2v) is 5.29. The van der Waals surface area contributed by atoms with Crippen LogP contribution >= 0.6 is 0 Å². The molecule has 1 aromatic carbocycles. The normalized spacial score (nSPS) is 20.8. The molecular weight excluding hydrogens is 273 g/mol. The molecule has 1 aliphatic rings. The number of hydrogen-bond acceptors (Lipinski definition) is 3. The van der Waals surface area contributed by atoms with E-state index in [1.807, 2.05) is 30.3 Å². The van der Waals surface area contributed by atoms with Crippen molar-refractivity contribution in [1.29, 1.82) is 0 Å². The highest BCUT2D eigenvalue weighted by Gasteiger charge is 2.45. The van der Waals surface area contributed by atoms with E-state index in [1.165, 1.54) is 6.08 Å². The molecule has 21 heavy (non-hydrogen) atoms. The second-order valence-electron chi connectivity index (χ2n) is 5.29. The maximum absolute atomic E-state index is 14.4. The van der Waals surface area contributed by atoms with Gasteiger partial charge >= 0.3 is 6.09 Å². The molecule has 1 saturated heterocycles. The number of alkyl halides is 1. The molecule has 0 saturated carbocycles. The van der Waals surface area contributed by atoms with E-state index in [0.717, 1.165) is 17.4 Å². The van der Waals surface area contributed by atoms with Crippen LogP contribution in [0.15, 0.2) is 43.0 Å². The second kappa shape index (κ2) is 6.08. The van der Waals surface area contributed by atoms with Crippen LogP contribution in [0.2, 0.25) is 0 Å². The molecule has 0 N–H and O–H groups in total. The highest BCUT2D eigenvalue weighted by molar-refractivity contribution is 5.98. The molecule has 0 aliphatic carbocycles. The fraction of sp³-hybridized carbons (Fsp3) is 0.375. The van der Waals surface area contributed by atoms with Gasteiger partial charge in [0.1, 0.15) is 6.61 Å². The van der Waals surface area contributed by atoms with Gasteiger partial charge in [-0.2, -0.15) is 0 Å². The summed E-state index contributed by atoms with van der Waals surface area (Å²) in [4.78, 5) is 24.9. The van der Waals surface area contributed by atoms with E-state index >= 15 is 0 Å². The molecular formula is C16H18FNO3. The number of amides is 2. The van der Waals surface area contributed by atoms with Crippen LogP contribution in [0.4, 0.5) is 9.18 Å². The number of carbonyl (C=O) groups excluding carboxylic acids is 2. The molecule has 0 bridgehead atoms. The van der Waals surface area contributed by atoms with Crippen molar-refractivity contribution in [2.45, 2.75) is 31.5 Å². The zero-order valence-corrected chi connectivity index (χ0v) is 11.9.